The lowest BCUT2D eigenvalue weighted by atomic mass is 9.89. The molecular weight excluding hydrogens is 473 g/mol. The molecule has 2 aromatic heterocycles. The topological polar surface area (TPSA) is 108 Å². The van der Waals surface area contributed by atoms with Gasteiger partial charge in [0.2, 0.25) is 11.9 Å². The molecule has 5 rings (SSSR count). The van der Waals surface area contributed by atoms with Gasteiger partial charge in [-0.15, -0.1) is 0 Å². The Morgan fingerprint density at radius 2 is 1.69 bits per heavy atom. The van der Waals surface area contributed by atoms with Gasteiger partial charge in [-0.3, -0.25) is 4.57 Å². The Labute approximate surface area is 207 Å². The van der Waals surface area contributed by atoms with Gasteiger partial charge in [0.25, 0.3) is 0 Å². The number of aliphatic hydroxyl groups is 2. The van der Waals surface area contributed by atoms with Gasteiger partial charge in [0.1, 0.15) is 17.0 Å². The molecule has 8 nitrogen and oxygen atoms in total. The molecule has 1 aromatic carbocycles. The number of imidazole rings is 1. The van der Waals surface area contributed by atoms with Crippen molar-refractivity contribution >= 4 is 28.7 Å². The van der Waals surface area contributed by atoms with Crippen LogP contribution >= 0.6 is 0 Å². The molecule has 0 amide bonds. The first-order valence-corrected chi connectivity index (χ1v) is 12.4. The first-order chi connectivity index (χ1) is 17.1. The largest absolute Gasteiger partial charge is 0.393 e. The molecule has 0 saturated heterocycles. The van der Waals surface area contributed by atoms with E-state index in [-0.39, 0.29) is 30.1 Å². The summed E-state index contributed by atoms with van der Waals surface area (Å²) in [5.74, 6) is -2.54. The predicted octanol–water partition coefficient (Wildman–Crippen LogP) is 4.81. The van der Waals surface area contributed by atoms with Crippen molar-refractivity contribution in [1.82, 2.24) is 19.5 Å². The van der Waals surface area contributed by atoms with Crippen LogP contribution in [0.2, 0.25) is 0 Å². The van der Waals surface area contributed by atoms with Gasteiger partial charge in [-0.05, 0) is 64.7 Å². The van der Waals surface area contributed by atoms with Crippen LogP contribution in [0.15, 0.2) is 18.3 Å². The second-order valence-corrected chi connectivity index (χ2v) is 10.5. The summed E-state index contributed by atoms with van der Waals surface area (Å²) in [6, 6.07) is 1.23. The molecule has 4 N–H and O–H groups in total. The minimum atomic E-state index is -1.07. The van der Waals surface area contributed by atoms with Crippen molar-refractivity contribution < 1.29 is 23.4 Å². The van der Waals surface area contributed by atoms with Gasteiger partial charge in [0.15, 0.2) is 17.3 Å². The third-order valence-electron chi connectivity index (χ3n) is 7.48. The van der Waals surface area contributed by atoms with E-state index in [1.807, 2.05) is 0 Å². The van der Waals surface area contributed by atoms with Crippen molar-refractivity contribution in [3.05, 3.63) is 35.8 Å². The van der Waals surface area contributed by atoms with Gasteiger partial charge in [0.05, 0.1) is 17.9 Å². The van der Waals surface area contributed by atoms with Crippen LogP contribution in [0.25, 0.3) is 11.2 Å². The molecule has 2 fully saturated rings. The third kappa shape index (κ3) is 4.99. The lowest BCUT2D eigenvalue weighted by Crippen LogP contribution is -2.29. The smallest absolute Gasteiger partial charge is 0.224 e. The molecule has 2 saturated carbocycles. The van der Waals surface area contributed by atoms with E-state index in [0.29, 0.717) is 48.5 Å². The highest BCUT2D eigenvalue weighted by atomic mass is 19.1. The van der Waals surface area contributed by atoms with Gasteiger partial charge in [0, 0.05) is 24.2 Å². The maximum atomic E-state index is 14.5. The zero-order valence-electron chi connectivity index (χ0n) is 20.3. The lowest BCUT2D eigenvalue weighted by Gasteiger charge is -2.26. The molecule has 0 spiro atoms. The fourth-order valence-electron chi connectivity index (χ4n) is 5.40. The van der Waals surface area contributed by atoms with Crippen LogP contribution in [-0.4, -0.2) is 47.5 Å². The molecule has 2 atom stereocenters. The maximum absolute atomic E-state index is 14.5. The zero-order valence-corrected chi connectivity index (χ0v) is 20.3. The Balaban J connectivity index is 1.52. The number of nitrogens with zero attached hydrogens (tertiary/aromatic N) is 4. The monoisotopic (exact) mass is 504 g/mol. The van der Waals surface area contributed by atoms with Crippen molar-refractivity contribution in [2.45, 2.75) is 82.6 Å². The van der Waals surface area contributed by atoms with Crippen LogP contribution in [-0.2, 0) is 0 Å². The molecule has 3 aromatic rings. The summed E-state index contributed by atoms with van der Waals surface area (Å²) < 4.78 is 44.2. The second-order valence-electron chi connectivity index (χ2n) is 10.5. The van der Waals surface area contributed by atoms with E-state index in [1.54, 1.807) is 24.6 Å². The van der Waals surface area contributed by atoms with E-state index in [2.05, 4.69) is 20.6 Å². The summed E-state index contributed by atoms with van der Waals surface area (Å²) in [7, 11) is 0. The number of hydrogen-bond donors (Lipinski definition) is 4. The van der Waals surface area contributed by atoms with Gasteiger partial charge >= 0.3 is 0 Å². The highest BCUT2D eigenvalue weighted by Crippen LogP contribution is 2.43. The molecule has 2 heterocycles. The zero-order chi connectivity index (χ0) is 25.6. The minimum absolute atomic E-state index is 0.0280. The normalized spacial score (nSPS) is 24.9. The van der Waals surface area contributed by atoms with Crippen LogP contribution in [0, 0.1) is 23.4 Å². The van der Waals surface area contributed by atoms with Crippen molar-refractivity contribution in [1.29, 1.82) is 0 Å². The number of halogens is 3. The van der Waals surface area contributed by atoms with Crippen LogP contribution in [0.3, 0.4) is 0 Å². The average molecular weight is 505 g/mol. The van der Waals surface area contributed by atoms with Crippen LogP contribution in [0.4, 0.5) is 30.8 Å². The maximum Gasteiger partial charge on any atom is 0.224 e. The SMILES string of the molecule is CC(C)(O)[C@@H]1CCC(n2c(Nc3c(F)cc(F)cc3F)nc3cnc(N[C@H]4CC[C@H](O)CC4)nc32)C1. The van der Waals surface area contributed by atoms with Gasteiger partial charge in [-0.1, -0.05) is 0 Å². The van der Waals surface area contributed by atoms with Crippen molar-refractivity contribution in [3.8, 4) is 0 Å². The molecule has 0 bridgehead atoms. The van der Waals surface area contributed by atoms with Crippen LogP contribution < -0.4 is 10.6 Å². The summed E-state index contributed by atoms with van der Waals surface area (Å²) in [5.41, 5.74) is -0.440. The molecular formula is C25H31F3N6O2. The highest BCUT2D eigenvalue weighted by molar-refractivity contribution is 5.76. The summed E-state index contributed by atoms with van der Waals surface area (Å²) >= 11 is 0. The Bertz CT molecular complexity index is 1230. The number of fused-ring (bicyclic) bond motifs is 1. The quantitative estimate of drug-likeness (QED) is 0.381. The van der Waals surface area contributed by atoms with Crippen molar-refractivity contribution in [2.75, 3.05) is 10.6 Å². The first kappa shape index (κ1) is 24.8. The van der Waals surface area contributed by atoms with E-state index in [9.17, 15) is 23.4 Å². The summed E-state index contributed by atoms with van der Waals surface area (Å²) in [6.07, 6.45) is 6.42. The number of aromatic nitrogens is 4. The number of anilines is 3. The minimum Gasteiger partial charge on any atom is -0.393 e. The molecule has 11 heteroatoms. The van der Waals surface area contributed by atoms with Gasteiger partial charge in [-0.25, -0.2) is 23.1 Å². The van der Waals surface area contributed by atoms with E-state index in [4.69, 9.17) is 4.98 Å². The van der Waals surface area contributed by atoms with Gasteiger partial charge < -0.3 is 20.8 Å². The van der Waals surface area contributed by atoms with E-state index < -0.39 is 28.7 Å². The molecule has 0 radical (unpaired) electrons. The Hall–Kier alpha value is -2.92. The molecule has 2 aliphatic carbocycles. The second kappa shape index (κ2) is 9.51. The number of aliphatic hydroxyl groups excluding tert-OH is 1. The number of hydrogen-bond acceptors (Lipinski definition) is 7. The fraction of sp³-hybridized carbons (Fsp3) is 0.560. The Morgan fingerprint density at radius 3 is 2.33 bits per heavy atom. The van der Waals surface area contributed by atoms with Gasteiger partial charge in [-0.2, -0.15) is 4.98 Å². The predicted molar refractivity (Wildman–Crippen MR) is 129 cm³/mol. The fourth-order valence-corrected chi connectivity index (χ4v) is 5.40. The van der Waals surface area contributed by atoms with Crippen molar-refractivity contribution in [3.63, 3.8) is 0 Å². The lowest BCUT2D eigenvalue weighted by molar-refractivity contribution is 0.0186. The van der Waals surface area contributed by atoms with Crippen molar-refractivity contribution in [2.24, 2.45) is 5.92 Å². The van der Waals surface area contributed by atoms with Crippen LogP contribution in [0.1, 0.15) is 64.8 Å². The first-order valence-electron chi connectivity index (χ1n) is 12.4. The molecule has 36 heavy (non-hydrogen) atoms. The average Bonchev–Trinajstić information content (AvgIpc) is 3.42. The molecule has 1 unspecified atom stereocenters. The molecule has 0 aliphatic heterocycles. The highest BCUT2D eigenvalue weighted by Gasteiger charge is 2.37. The van der Waals surface area contributed by atoms with E-state index in [1.165, 1.54) is 0 Å². The third-order valence-corrected chi connectivity index (χ3v) is 7.48. The Kier molecular flexibility index (Phi) is 6.54. The number of benzene rings is 1. The standard InChI is InChI=1S/C25H31F3N6O2/c1-25(2,36)13-3-6-16(9-13)34-22-20(12-29-23(33-22)30-15-4-7-17(35)8-5-15)31-24(34)32-21-18(27)10-14(26)11-19(21)28/h10-13,15-17,35-36H,3-9H2,1-2H3,(H,31,32)(H,29,30,33)/t13-,15-,16?,17-/m1/s1. The summed E-state index contributed by atoms with van der Waals surface area (Å²) in [5, 5.41) is 26.4. The number of nitrogens with one attached hydrogen (secondary N) is 2. The summed E-state index contributed by atoms with van der Waals surface area (Å²) in [4.78, 5) is 13.6. The van der Waals surface area contributed by atoms with E-state index >= 15 is 0 Å². The molecule has 194 valence electrons. The Morgan fingerprint density at radius 1 is 1.00 bits per heavy atom. The number of rotatable bonds is 6. The van der Waals surface area contributed by atoms with Crippen LogP contribution in [0.5, 0.6) is 0 Å². The van der Waals surface area contributed by atoms with E-state index in [0.717, 1.165) is 25.7 Å². The molecule has 2 aliphatic rings. The summed E-state index contributed by atoms with van der Waals surface area (Å²) in [6.45, 7) is 3.56.